The Morgan fingerprint density at radius 3 is 2.53 bits per heavy atom. The number of amides is 4. The van der Waals surface area contributed by atoms with Gasteiger partial charge in [0.05, 0.1) is 17.4 Å². The van der Waals surface area contributed by atoms with Crippen LogP contribution >= 0.6 is 0 Å². The Morgan fingerprint density at radius 2 is 1.86 bits per heavy atom. The zero-order chi connectivity index (χ0) is 35.8. The minimum Gasteiger partial charge on any atom is -0.444 e. The number of ether oxygens (including phenoxy) is 1. The number of sulfonamides is 1. The first kappa shape index (κ1) is 36.5. The number of allylic oxidation sites excluding steroid dienone is 1. The fraction of sp³-hybridized carbons (Fsp3) is 0.629. The number of alkyl carbamates (subject to hydrolysis) is 1. The molecule has 5 N–H and O–H groups in total. The summed E-state index contributed by atoms with van der Waals surface area (Å²) in [7, 11) is -3.91. The highest BCUT2D eigenvalue weighted by molar-refractivity contribution is 7.91. The number of hydrogen-bond acceptors (Lipinski definition) is 9. The second-order valence-corrected chi connectivity index (χ2v) is 17.1. The lowest BCUT2D eigenvalue weighted by atomic mass is 9.90. The van der Waals surface area contributed by atoms with Gasteiger partial charge in [0.15, 0.2) is 0 Å². The number of aliphatic hydroxyl groups is 1. The van der Waals surface area contributed by atoms with E-state index in [-0.39, 0.29) is 37.9 Å². The van der Waals surface area contributed by atoms with Crippen LogP contribution in [0.2, 0.25) is 0 Å². The number of rotatable bonds is 7. The van der Waals surface area contributed by atoms with E-state index in [9.17, 15) is 32.7 Å². The molecule has 49 heavy (non-hydrogen) atoms. The lowest BCUT2D eigenvalue weighted by molar-refractivity contribution is -0.141. The maximum atomic E-state index is 14.3. The topological polar surface area (TPSA) is 195 Å². The number of benzene rings is 1. The smallest absolute Gasteiger partial charge is 0.408 e. The van der Waals surface area contributed by atoms with Gasteiger partial charge in [-0.2, -0.15) is 0 Å². The van der Waals surface area contributed by atoms with Gasteiger partial charge >= 0.3 is 6.09 Å². The Bertz CT molecular complexity index is 1630. The highest BCUT2D eigenvalue weighted by atomic mass is 32.2. The molecule has 14 heteroatoms. The van der Waals surface area contributed by atoms with E-state index in [1.54, 1.807) is 32.9 Å². The Morgan fingerprint density at radius 1 is 1.12 bits per heavy atom. The minimum absolute atomic E-state index is 0.124. The molecular weight excluding hydrogens is 650 g/mol. The van der Waals surface area contributed by atoms with Gasteiger partial charge in [0.2, 0.25) is 21.8 Å². The number of carbonyl (C=O) groups excluding carboxylic acids is 4. The van der Waals surface area contributed by atoms with Gasteiger partial charge < -0.3 is 30.8 Å². The molecular formula is C35H49N5O8S. The number of nitrogens with one attached hydrogen (secondary N) is 4. The fourth-order valence-electron chi connectivity index (χ4n) is 6.74. The van der Waals surface area contributed by atoms with Crippen LogP contribution in [-0.4, -0.2) is 88.6 Å². The van der Waals surface area contributed by atoms with Crippen LogP contribution in [0.25, 0.3) is 0 Å². The maximum absolute atomic E-state index is 14.3. The van der Waals surface area contributed by atoms with Crippen molar-refractivity contribution in [1.82, 2.24) is 20.3 Å². The molecule has 3 fully saturated rings. The summed E-state index contributed by atoms with van der Waals surface area (Å²) in [6.07, 6.45) is 6.66. The molecule has 268 valence electrons. The van der Waals surface area contributed by atoms with E-state index in [4.69, 9.17) is 10.1 Å². The second kappa shape index (κ2) is 13.9. The summed E-state index contributed by atoms with van der Waals surface area (Å²) in [4.78, 5) is 56.2. The zero-order valence-electron chi connectivity index (χ0n) is 28.7. The van der Waals surface area contributed by atoms with Crippen LogP contribution in [0.3, 0.4) is 0 Å². The summed E-state index contributed by atoms with van der Waals surface area (Å²) < 4.78 is 33.1. The summed E-state index contributed by atoms with van der Waals surface area (Å²) in [5.41, 5.74) is -2.41. The van der Waals surface area contributed by atoms with Crippen LogP contribution in [0.4, 0.5) is 4.79 Å². The largest absolute Gasteiger partial charge is 0.444 e. The zero-order valence-corrected chi connectivity index (χ0v) is 29.5. The maximum Gasteiger partial charge on any atom is 0.408 e. The second-order valence-electron chi connectivity index (χ2n) is 15.1. The molecule has 2 aliphatic carbocycles. The molecule has 5 atom stereocenters. The normalized spacial score (nSPS) is 30.1. The van der Waals surface area contributed by atoms with Crippen LogP contribution in [0.1, 0.15) is 96.1 Å². The average molecular weight is 700 g/mol. The van der Waals surface area contributed by atoms with E-state index < -0.39 is 73.8 Å². The van der Waals surface area contributed by atoms with Crippen LogP contribution < -0.4 is 15.4 Å². The Kier molecular flexibility index (Phi) is 10.3. The first-order chi connectivity index (χ1) is 22.9. The number of aryl methyl sites for hydroxylation is 1. The van der Waals surface area contributed by atoms with Gasteiger partial charge in [0.25, 0.3) is 5.91 Å². The van der Waals surface area contributed by atoms with E-state index in [1.165, 1.54) is 4.90 Å². The van der Waals surface area contributed by atoms with Gasteiger partial charge in [-0.25, -0.2) is 13.2 Å². The van der Waals surface area contributed by atoms with Crippen molar-refractivity contribution in [2.24, 2.45) is 5.92 Å². The summed E-state index contributed by atoms with van der Waals surface area (Å²) in [6.45, 7) is 6.70. The van der Waals surface area contributed by atoms with Gasteiger partial charge in [-0.05, 0) is 71.8 Å². The molecule has 1 saturated heterocycles. The molecule has 0 aromatic heterocycles. The average Bonchev–Trinajstić information content (AvgIpc) is 3.92. The van der Waals surface area contributed by atoms with Crippen molar-refractivity contribution in [2.75, 3.05) is 6.54 Å². The van der Waals surface area contributed by atoms with Crippen molar-refractivity contribution in [3.63, 3.8) is 0 Å². The molecule has 2 aliphatic heterocycles. The molecule has 2 heterocycles. The van der Waals surface area contributed by atoms with Crippen molar-refractivity contribution >= 4 is 39.5 Å². The highest BCUT2D eigenvalue weighted by Gasteiger charge is 2.62. The van der Waals surface area contributed by atoms with Gasteiger partial charge in [-0.15, -0.1) is 0 Å². The molecule has 1 aromatic rings. The van der Waals surface area contributed by atoms with Gasteiger partial charge in [0, 0.05) is 24.5 Å². The quantitative estimate of drug-likeness (QED) is 0.212. The molecule has 0 radical (unpaired) electrons. The molecule has 4 aliphatic rings. The predicted octanol–water partition coefficient (Wildman–Crippen LogP) is 2.98. The SMILES string of the molecule is Cc1cccc(C(=N)C[C@@]2(O)C[C@H]3C(=O)N[C@]4(C(=O)NS(=O)(=O)C5CC5)C[C@H]4/C=C\CCCCC[C@H](NC(=O)OC(C)(C)C)C(=O)N3C2)c1. The monoisotopic (exact) mass is 699 g/mol. The number of carbonyl (C=O) groups is 4. The van der Waals surface area contributed by atoms with Crippen molar-refractivity contribution in [3.8, 4) is 0 Å². The summed E-state index contributed by atoms with van der Waals surface area (Å²) in [6, 6.07) is 4.92. The number of nitrogens with zero attached hydrogens (tertiary/aromatic N) is 1. The number of hydrogen-bond donors (Lipinski definition) is 5. The molecule has 1 aromatic carbocycles. The third-order valence-electron chi connectivity index (χ3n) is 9.56. The summed E-state index contributed by atoms with van der Waals surface area (Å²) in [5, 5.41) is 25.5. The predicted molar refractivity (Wildman–Crippen MR) is 182 cm³/mol. The van der Waals surface area contributed by atoms with E-state index in [0.717, 1.165) is 18.4 Å². The van der Waals surface area contributed by atoms with Crippen molar-refractivity contribution in [1.29, 1.82) is 5.41 Å². The van der Waals surface area contributed by atoms with Crippen LogP contribution in [0.15, 0.2) is 36.4 Å². The fourth-order valence-corrected chi connectivity index (χ4v) is 8.11. The standard InChI is InChI=1S/C35H49N5O8S/c1-22-11-10-12-23(17-22)26(36)19-34(45)20-28-29(41)38-35(31(43)39-49(46,47)25-15-16-25)18-24(35)13-8-6-5-7-9-14-27(30(42)40(28)21-34)37-32(44)48-33(2,3)4/h8,10-13,17,24-25,27-28,36,45H,5-7,9,14-16,18-21H2,1-4H3,(H,37,44)(H,38,41)(H,39,43)/b13-8-,36-26?/t24-,27+,28+,34-,35-/m1/s1. The first-order valence-electron chi connectivity index (χ1n) is 17.1. The van der Waals surface area contributed by atoms with Crippen molar-refractivity contribution in [3.05, 3.63) is 47.5 Å². The van der Waals surface area contributed by atoms with Crippen molar-refractivity contribution < 1.29 is 37.4 Å². The summed E-state index contributed by atoms with van der Waals surface area (Å²) in [5.74, 6) is -2.62. The van der Waals surface area contributed by atoms with Crippen molar-refractivity contribution in [2.45, 2.75) is 126 Å². The highest BCUT2D eigenvalue weighted by Crippen LogP contribution is 2.46. The Hall–Kier alpha value is -3.78. The van der Waals surface area contributed by atoms with E-state index >= 15 is 0 Å². The lowest BCUT2D eigenvalue weighted by Crippen LogP contribution is -2.58. The van der Waals surface area contributed by atoms with Gasteiger partial charge in [0.1, 0.15) is 23.2 Å². The Labute approximate surface area is 288 Å². The Balaban J connectivity index is 1.46. The lowest BCUT2D eigenvalue weighted by Gasteiger charge is -2.30. The number of fused-ring (bicyclic) bond motifs is 2. The molecule has 0 unspecified atom stereocenters. The van der Waals surface area contributed by atoms with Crippen LogP contribution in [0.5, 0.6) is 0 Å². The molecule has 13 nitrogen and oxygen atoms in total. The van der Waals surface area contributed by atoms with Crippen LogP contribution in [0, 0.1) is 18.3 Å². The van der Waals surface area contributed by atoms with Gasteiger partial charge in [-0.1, -0.05) is 54.8 Å². The van der Waals surface area contributed by atoms with Crippen LogP contribution in [-0.2, 0) is 29.1 Å². The third-order valence-corrected chi connectivity index (χ3v) is 11.4. The van der Waals surface area contributed by atoms with E-state index in [1.807, 2.05) is 31.2 Å². The molecule has 5 rings (SSSR count). The molecule has 0 spiro atoms. The molecule has 0 bridgehead atoms. The first-order valence-corrected chi connectivity index (χ1v) is 18.7. The van der Waals surface area contributed by atoms with Gasteiger partial charge in [-0.3, -0.25) is 19.1 Å². The van der Waals surface area contributed by atoms with E-state index in [0.29, 0.717) is 31.2 Å². The minimum atomic E-state index is -3.91. The molecule has 4 amide bonds. The molecule has 2 saturated carbocycles. The van der Waals surface area contributed by atoms with E-state index in [2.05, 4.69) is 15.4 Å². The third kappa shape index (κ3) is 8.88. The summed E-state index contributed by atoms with van der Waals surface area (Å²) >= 11 is 0.